The fourth-order valence-corrected chi connectivity index (χ4v) is 2.34. The molecule has 102 valence electrons. The van der Waals surface area contributed by atoms with E-state index in [1.165, 1.54) is 0 Å². The van der Waals surface area contributed by atoms with Gasteiger partial charge in [-0.1, -0.05) is 27.7 Å². The molecule has 0 amide bonds. The maximum Gasteiger partial charge on any atom is 0.310 e. The predicted molar refractivity (Wildman–Crippen MR) is 72.2 cm³/mol. The Morgan fingerprint density at radius 2 is 1.71 bits per heavy atom. The van der Waals surface area contributed by atoms with Gasteiger partial charge in [0.1, 0.15) is 0 Å². The van der Waals surface area contributed by atoms with Crippen LogP contribution in [0.4, 0.5) is 0 Å². The summed E-state index contributed by atoms with van der Waals surface area (Å²) >= 11 is 0. The van der Waals surface area contributed by atoms with Crippen molar-refractivity contribution in [1.29, 1.82) is 0 Å². The molecule has 1 atom stereocenters. The molecule has 0 aliphatic carbocycles. The van der Waals surface area contributed by atoms with E-state index in [2.05, 4.69) is 25.7 Å². The number of carboxylic acids is 1. The molecule has 0 rings (SSSR count). The third-order valence-electron chi connectivity index (χ3n) is 3.92. The number of hydrogen-bond donors (Lipinski definition) is 1. The molecule has 0 bridgehead atoms. The number of nitrogens with zero attached hydrogens (tertiary/aromatic N) is 1. The van der Waals surface area contributed by atoms with Gasteiger partial charge in [-0.05, 0) is 39.2 Å². The van der Waals surface area contributed by atoms with Gasteiger partial charge >= 0.3 is 5.97 Å². The average molecular weight is 243 g/mol. The lowest BCUT2D eigenvalue weighted by atomic mass is 9.81. The normalized spacial score (nSPS) is 14.4. The molecule has 1 unspecified atom stereocenters. The van der Waals surface area contributed by atoms with Gasteiger partial charge < -0.3 is 10.0 Å². The van der Waals surface area contributed by atoms with Gasteiger partial charge in [0, 0.05) is 12.6 Å². The third-order valence-corrected chi connectivity index (χ3v) is 3.92. The molecule has 0 radical (unpaired) electrons. The van der Waals surface area contributed by atoms with Crippen LogP contribution in [0.25, 0.3) is 0 Å². The van der Waals surface area contributed by atoms with Crippen LogP contribution in [0.2, 0.25) is 0 Å². The van der Waals surface area contributed by atoms with Crippen molar-refractivity contribution in [3.05, 3.63) is 0 Å². The van der Waals surface area contributed by atoms with Gasteiger partial charge in [-0.2, -0.15) is 0 Å². The second-order valence-electron chi connectivity index (χ2n) is 5.69. The number of hydrogen-bond acceptors (Lipinski definition) is 2. The molecule has 17 heavy (non-hydrogen) atoms. The van der Waals surface area contributed by atoms with Crippen LogP contribution in [0.3, 0.4) is 0 Å². The van der Waals surface area contributed by atoms with Crippen molar-refractivity contribution >= 4 is 5.97 Å². The van der Waals surface area contributed by atoms with Gasteiger partial charge in [-0.3, -0.25) is 4.79 Å². The minimum atomic E-state index is -0.661. The molecule has 0 heterocycles. The summed E-state index contributed by atoms with van der Waals surface area (Å²) in [7, 11) is 2.04. The molecule has 0 fully saturated rings. The summed E-state index contributed by atoms with van der Waals surface area (Å²) in [6, 6.07) is 0.437. The van der Waals surface area contributed by atoms with Gasteiger partial charge in [0.05, 0.1) is 5.41 Å². The highest BCUT2D eigenvalue weighted by atomic mass is 16.4. The first kappa shape index (κ1) is 16.4. The number of carboxylic acid groups (broad SMARTS) is 1. The molecular formula is C14H29NO2. The van der Waals surface area contributed by atoms with Crippen LogP contribution in [-0.2, 0) is 4.79 Å². The van der Waals surface area contributed by atoms with E-state index in [1.807, 2.05) is 20.9 Å². The van der Waals surface area contributed by atoms with Gasteiger partial charge in [0.15, 0.2) is 0 Å². The largest absolute Gasteiger partial charge is 0.481 e. The maximum absolute atomic E-state index is 11.4. The number of aliphatic carboxylic acids is 1. The van der Waals surface area contributed by atoms with Crippen LogP contribution in [0.15, 0.2) is 0 Å². The Morgan fingerprint density at radius 3 is 2.00 bits per heavy atom. The van der Waals surface area contributed by atoms with Crippen molar-refractivity contribution in [2.24, 2.45) is 11.3 Å². The number of rotatable bonds is 8. The van der Waals surface area contributed by atoms with Gasteiger partial charge in [-0.25, -0.2) is 0 Å². The summed E-state index contributed by atoms with van der Waals surface area (Å²) in [6.45, 7) is 11.2. The Hall–Kier alpha value is -0.570. The smallest absolute Gasteiger partial charge is 0.310 e. The lowest BCUT2D eigenvalue weighted by Gasteiger charge is -2.35. The fourth-order valence-electron chi connectivity index (χ4n) is 2.34. The van der Waals surface area contributed by atoms with Gasteiger partial charge in [0.25, 0.3) is 0 Å². The molecular weight excluding hydrogens is 214 g/mol. The van der Waals surface area contributed by atoms with Crippen molar-refractivity contribution < 1.29 is 9.90 Å². The lowest BCUT2D eigenvalue weighted by Crippen LogP contribution is -2.44. The number of carbonyl (C=O) groups is 1. The first-order valence-electron chi connectivity index (χ1n) is 6.72. The summed E-state index contributed by atoms with van der Waals surface area (Å²) in [5, 5.41) is 9.41. The minimum Gasteiger partial charge on any atom is -0.481 e. The molecule has 3 heteroatoms. The lowest BCUT2D eigenvalue weighted by molar-refractivity contribution is -0.151. The molecule has 0 saturated heterocycles. The van der Waals surface area contributed by atoms with Crippen molar-refractivity contribution in [3.8, 4) is 0 Å². The Kier molecular flexibility index (Phi) is 6.76. The van der Waals surface area contributed by atoms with E-state index in [0.717, 1.165) is 6.42 Å². The van der Waals surface area contributed by atoms with Crippen LogP contribution in [0, 0.1) is 11.3 Å². The zero-order valence-corrected chi connectivity index (χ0v) is 12.3. The Labute approximate surface area is 106 Å². The summed E-state index contributed by atoms with van der Waals surface area (Å²) in [6.07, 6.45) is 2.49. The van der Waals surface area contributed by atoms with Crippen LogP contribution in [-0.4, -0.2) is 35.6 Å². The van der Waals surface area contributed by atoms with E-state index in [-0.39, 0.29) is 0 Å². The van der Waals surface area contributed by atoms with Crippen molar-refractivity contribution in [2.75, 3.05) is 13.6 Å². The quantitative estimate of drug-likeness (QED) is 0.711. The SMILES string of the molecule is CCC(CC)(CN(C)C(C)CC(C)C)C(=O)O. The highest BCUT2D eigenvalue weighted by Gasteiger charge is 2.36. The molecule has 0 saturated carbocycles. The van der Waals surface area contributed by atoms with Crippen LogP contribution in [0.1, 0.15) is 53.9 Å². The van der Waals surface area contributed by atoms with E-state index >= 15 is 0 Å². The van der Waals surface area contributed by atoms with E-state index < -0.39 is 11.4 Å². The van der Waals surface area contributed by atoms with Crippen LogP contribution >= 0.6 is 0 Å². The first-order chi connectivity index (χ1) is 7.79. The highest BCUT2D eigenvalue weighted by molar-refractivity contribution is 5.74. The van der Waals surface area contributed by atoms with Crippen molar-refractivity contribution in [1.82, 2.24) is 4.90 Å². The second-order valence-corrected chi connectivity index (χ2v) is 5.69. The summed E-state index contributed by atoms with van der Waals surface area (Å²) in [5.41, 5.74) is -0.583. The fraction of sp³-hybridized carbons (Fsp3) is 0.929. The molecule has 0 aromatic carbocycles. The standard InChI is InChI=1S/C14H29NO2/c1-7-14(8-2,13(16)17)10-15(6)12(5)9-11(3)4/h11-12H,7-10H2,1-6H3,(H,16,17). The molecule has 0 spiro atoms. The topological polar surface area (TPSA) is 40.5 Å². The van der Waals surface area contributed by atoms with E-state index in [0.29, 0.717) is 31.3 Å². The maximum atomic E-state index is 11.4. The van der Waals surface area contributed by atoms with Crippen molar-refractivity contribution in [2.45, 2.75) is 59.9 Å². The summed E-state index contributed by atoms with van der Waals surface area (Å²) < 4.78 is 0. The van der Waals surface area contributed by atoms with Crippen LogP contribution < -0.4 is 0 Å². The van der Waals surface area contributed by atoms with Gasteiger partial charge in [0.2, 0.25) is 0 Å². The molecule has 0 aliphatic heterocycles. The Balaban J connectivity index is 4.60. The second kappa shape index (κ2) is 7.00. The molecule has 3 nitrogen and oxygen atoms in total. The Bertz CT molecular complexity index is 234. The zero-order chi connectivity index (χ0) is 13.6. The summed E-state index contributed by atoms with van der Waals surface area (Å²) in [4.78, 5) is 13.6. The van der Waals surface area contributed by atoms with E-state index in [1.54, 1.807) is 0 Å². The molecule has 0 aromatic rings. The minimum absolute atomic E-state index is 0.437. The molecule has 0 aliphatic rings. The summed E-state index contributed by atoms with van der Waals surface area (Å²) in [5.74, 6) is -0.0129. The monoisotopic (exact) mass is 243 g/mol. The Morgan fingerprint density at radius 1 is 1.24 bits per heavy atom. The van der Waals surface area contributed by atoms with E-state index in [9.17, 15) is 9.90 Å². The predicted octanol–water partition coefficient (Wildman–Crippen LogP) is 3.24. The molecule has 1 N–H and O–H groups in total. The third kappa shape index (κ3) is 4.66. The van der Waals surface area contributed by atoms with Crippen LogP contribution in [0.5, 0.6) is 0 Å². The van der Waals surface area contributed by atoms with E-state index in [4.69, 9.17) is 0 Å². The average Bonchev–Trinajstić information content (AvgIpc) is 2.24. The first-order valence-corrected chi connectivity index (χ1v) is 6.72. The molecule has 0 aromatic heterocycles. The van der Waals surface area contributed by atoms with Gasteiger partial charge in [-0.15, -0.1) is 0 Å². The zero-order valence-electron chi connectivity index (χ0n) is 12.3. The highest BCUT2D eigenvalue weighted by Crippen LogP contribution is 2.28. The van der Waals surface area contributed by atoms with Crippen molar-refractivity contribution in [3.63, 3.8) is 0 Å².